The van der Waals surface area contributed by atoms with Crippen molar-refractivity contribution in [1.82, 2.24) is 4.90 Å². The summed E-state index contributed by atoms with van der Waals surface area (Å²) in [5, 5.41) is 0. The molecule has 1 fully saturated rings. The summed E-state index contributed by atoms with van der Waals surface area (Å²) in [6.45, 7) is 11.6. The molecular formula is C12H23NO. The van der Waals surface area contributed by atoms with Gasteiger partial charge in [-0.2, -0.15) is 0 Å². The molecule has 82 valence electrons. The first-order chi connectivity index (χ1) is 6.34. The zero-order chi connectivity index (χ0) is 10.9. The van der Waals surface area contributed by atoms with E-state index >= 15 is 0 Å². The molecule has 0 aromatic heterocycles. The van der Waals surface area contributed by atoms with Gasteiger partial charge in [-0.05, 0) is 18.3 Å². The number of amides is 1. The number of hydrogen-bond donors (Lipinski definition) is 0. The lowest BCUT2D eigenvalue weighted by Gasteiger charge is -2.36. The average molecular weight is 197 g/mol. The van der Waals surface area contributed by atoms with Crippen LogP contribution in [0.3, 0.4) is 0 Å². The van der Waals surface area contributed by atoms with Gasteiger partial charge in [0.25, 0.3) is 0 Å². The molecule has 1 atom stereocenters. The minimum Gasteiger partial charge on any atom is -0.339 e. The zero-order valence-corrected chi connectivity index (χ0v) is 10.1. The molecule has 0 spiro atoms. The molecular weight excluding hydrogens is 174 g/mol. The normalized spacial score (nSPS) is 23.3. The van der Waals surface area contributed by atoms with Crippen LogP contribution >= 0.6 is 0 Å². The maximum Gasteiger partial charge on any atom is 0.225 e. The van der Waals surface area contributed by atoms with Crippen molar-refractivity contribution in [3.05, 3.63) is 0 Å². The van der Waals surface area contributed by atoms with E-state index in [1.54, 1.807) is 0 Å². The standard InChI is InChI=1S/C12H23NO/c1-9(2)11(14)13-8-6-7-10(13)12(3,4)5/h9-10H,6-8H2,1-5H3. The molecule has 1 aliphatic heterocycles. The van der Waals surface area contributed by atoms with Crippen LogP contribution in [0.4, 0.5) is 0 Å². The Balaban J connectivity index is 2.74. The maximum atomic E-state index is 11.9. The van der Waals surface area contributed by atoms with Gasteiger partial charge in [0.05, 0.1) is 0 Å². The lowest BCUT2D eigenvalue weighted by atomic mass is 9.85. The highest BCUT2D eigenvalue weighted by Crippen LogP contribution is 2.33. The van der Waals surface area contributed by atoms with E-state index in [2.05, 4.69) is 25.7 Å². The second-order valence-corrected chi connectivity index (χ2v) is 5.71. The van der Waals surface area contributed by atoms with Gasteiger partial charge in [-0.1, -0.05) is 34.6 Å². The minimum atomic E-state index is 0.137. The van der Waals surface area contributed by atoms with E-state index in [0.29, 0.717) is 11.9 Å². The van der Waals surface area contributed by atoms with Crippen LogP contribution in [-0.2, 0) is 4.79 Å². The number of rotatable bonds is 1. The van der Waals surface area contributed by atoms with Gasteiger partial charge in [0.1, 0.15) is 0 Å². The van der Waals surface area contributed by atoms with E-state index in [4.69, 9.17) is 0 Å². The largest absolute Gasteiger partial charge is 0.339 e. The third-order valence-corrected chi connectivity index (χ3v) is 3.03. The number of hydrogen-bond acceptors (Lipinski definition) is 1. The Morgan fingerprint density at radius 1 is 1.36 bits per heavy atom. The fourth-order valence-corrected chi connectivity index (χ4v) is 2.26. The third kappa shape index (κ3) is 2.28. The molecule has 0 radical (unpaired) electrons. The Morgan fingerprint density at radius 3 is 2.36 bits per heavy atom. The maximum absolute atomic E-state index is 11.9. The Hall–Kier alpha value is -0.530. The highest BCUT2D eigenvalue weighted by Gasteiger charge is 2.37. The Labute approximate surface area is 87.7 Å². The van der Waals surface area contributed by atoms with Gasteiger partial charge in [-0.25, -0.2) is 0 Å². The predicted molar refractivity (Wildman–Crippen MR) is 59.0 cm³/mol. The van der Waals surface area contributed by atoms with Crippen LogP contribution < -0.4 is 0 Å². The van der Waals surface area contributed by atoms with Crippen molar-refractivity contribution < 1.29 is 4.79 Å². The molecule has 0 N–H and O–H groups in total. The topological polar surface area (TPSA) is 20.3 Å². The first-order valence-electron chi connectivity index (χ1n) is 5.64. The SMILES string of the molecule is CC(C)C(=O)N1CCCC1C(C)(C)C. The summed E-state index contributed by atoms with van der Waals surface area (Å²) < 4.78 is 0. The lowest BCUT2D eigenvalue weighted by Crippen LogP contribution is -2.44. The predicted octanol–water partition coefficient (Wildman–Crippen LogP) is 2.68. The van der Waals surface area contributed by atoms with Crippen LogP contribution in [0.2, 0.25) is 0 Å². The highest BCUT2D eigenvalue weighted by atomic mass is 16.2. The quantitative estimate of drug-likeness (QED) is 0.633. The molecule has 2 nitrogen and oxygen atoms in total. The first kappa shape index (κ1) is 11.5. The fourth-order valence-electron chi connectivity index (χ4n) is 2.26. The summed E-state index contributed by atoms with van der Waals surface area (Å²) in [5.41, 5.74) is 0.223. The third-order valence-electron chi connectivity index (χ3n) is 3.03. The Morgan fingerprint density at radius 2 is 1.93 bits per heavy atom. The van der Waals surface area contributed by atoms with Crippen LogP contribution in [0.25, 0.3) is 0 Å². The molecule has 14 heavy (non-hydrogen) atoms. The van der Waals surface area contributed by atoms with Gasteiger partial charge >= 0.3 is 0 Å². The summed E-state index contributed by atoms with van der Waals surface area (Å²) in [4.78, 5) is 14.0. The number of nitrogens with zero attached hydrogens (tertiary/aromatic N) is 1. The lowest BCUT2D eigenvalue weighted by molar-refractivity contribution is -0.137. The van der Waals surface area contributed by atoms with E-state index in [9.17, 15) is 4.79 Å². The molecule has 1 aliphatic rings. The van der Waals surface area contributed by atoms with Crippen molar-refractivity contribution in [2.75, 3.05) is 6.54 Å². The van der Waals surface area contributed by atoms with Gasteiger partial charge in [0, 0.05) is 18.5 Å². The molecule has 1 rings (SSSR count). The first-order valence-corrected chi connectivity index (χ1v) is 5.64. The van der Waals surface area contributed by atoms with Crippen molar-refractivity contribution in [2.45, 2.75) is 53.5 Å². The Kier molecular flexibility index (Phi) is 3.23. The number of carbonyl (C=O) groups excluding carboxylic acids is 1. The molecule has 0 aromatic carbocycles. The summed E-state index contributed by atoms with van der Waals surface area (Å²) in [5.74, 6) is 0.459. The molecule has 0 aromatic rings. The molecule has 1 heterocycles. The van der Waals surface area contributed by atoms with Gasteiger partial charge in [-0.3, -0.25) is 4.79 Å². The molecule has 2 heteroatoms. The second kappa shape index (κ2) is 3.92. The van der Waals surface area contributed by atoms with Gasteiger partial charge in [0.15, 0.2) is 0 Å². The summed E-state index contributed by atoms with van der Waals surface area (Å²) in [6.07, 6.45) is 2.34. The molecule has 1 unspecified atom stereocenters. The van der Waals surface area contributed by atoms with Crippen molar-refractivity contribution >= 4 is 5.91 Å². The minimum absolute atomic E-state index is 0.137. The molecule has 1 saturated heterocycles. The molecule has 0 bridgehead atoms. The van der Waals surface area contributed by atoms with Crippen molar-refractivity contribution in [3.63, 3.8) is 0 Å². The smallest absolute Gasteiger partial charge is 0.225 e. The van der Waals surface area contributed by atoms with E-state index < -0.39 is 0 Å². The van der Waals surface area contributed by atoms with Crippen molar-refractivity contribution in [1.29, 1.82) is 0 Å². The fraction of sp³-hybridized carbons (Fsp3) is 0.917. The number of carbonyl (C=O) groups is 1. The van der Waals surface area contributed by atoms with Gasteiger partial charge in [0.2, 0.25) is 5.91 Å². The second-order valence-electron chi connectivity index (χ2n) is 5.71. The number of likely N-dealkylation sites (tertiary alicyclic amines) is 1. The zero-order valence-electron chi connectivity index (χ0n) is 10.1. The van der Waals surface area contributed by atoms with E-state index in [1.807, 2.05) is 13.8 Å². The van der Waals surface area contributed by atoms with Crippen molar-refractivity contribution in [3.8, 4) is 0 Å². The van der Waals surface area contributed by atoms with E-state index in [0.717, 1.165) is 6.54 Å². The van der Waals surface area contributed by atoms with E-state index in [-0.39, 0.29) is 11.3 Å². The van der Waals surface area contributed by atoms with Crippen LogP contribution in [-0.4, -0.2) is 23.4 Å². The summed E-state index contributed by atoms with van der Waals surface area (Å²) in [6, 6.07) is 0.442. The average Bonchev–Trinajstić information content (AvgIpc) is 2.48. The van der Waals surface area contributed by atoms with Gasteiger partial charge < -0.3 is 4.90 Å². The molecule has 0 aliphatic carbocycles. The molecule has 1 amide bonds. The van der Waals surface area contributed by atoms with Crippen LogP contribution in [0.15, 0.2) is 0 Å². The van der Waals surface area contributed by atoms with Crippen LogP contribution in [0.5, 0.6) is 0 Å². The van der Waals surface area contributed by atoms with Crippen LogP contribution in [0.1, 0.15) is 47.5 Å². The molecule has 0 saturated carbocycles. The van der Waals surface area contributed by atoms with Gasteiger partial charge in [-0.15, -0.1) is 0 Å². The summed E-state index contributed by atoms with van der Waals surface area (Å²) in [7, 11) is 0. The monoisotopic (exact) mass is 197 g/mol. The van der Waals surface area contributed by atoms with Crippen LogP contribution in [0, 0.1) is 11.3 Å². The highest BCUT2D eigenvalue weighted by molar-refractivity contribution is 5.78. The summed E-state index contributed by atoms with van der Waals surface area (Å²) >= 11 is 0. The Bertz CT molecular complexity index is 215. The van der Waals surface area contributed by atoms with E-state index in [1.165, 1.54) is 12.8 Å². The van der Waals surface area contributed by atoms with Crippen molar-refractivity contribution in [2.24, 2.45) is 11.3 Å².